The van der Waals surface area contributed by atoms with Crippen LogP contribution in [-0.4, -0.2) is 46.2 Å². The Morgan fingerprint density at radius 1 is 1.23 bits per heavy atom. The van der Waals surface area contributed by atoms with Gasteiger partial charge in [0, 0.05) is 49.2 Å². The molecule has 6 heteroatoms. The van der Waals surface area contributed by atoms with Crippen molar-refractivity contribution in [2.45, 2.75) is 20.3 Å². The highest BCUT2D eigenvalue weighted by Gasteiger charge is 2.21. The van der Waals surface area contributed by atoms with Crippen molar-refractivity contribution in [1.82, 2.24) is 19.9 Å². The third kappa shape index (κ3) is 3.76. The molecule has 6 nitrogen and oxygen atoms in total. The van der Waals surface area contributed by atoms with Crippen molar-refractivity contribution >= 4 is 5.82 Å². The highest BCUT2D eigenvalue weighted by molar-refractivity contribution is 5.35. The third-order valence-corrected chi connectivity index (χ3v) is 3.71. The van der Waals surface area contributed by atoms with Gasteiger partial charge in [0.15, 0.2) is 0 Å². The molecule has 0 aliphatic carbocycles. The Balaban J connectivity index is 1.72. The van der Waals surface area contributed by atoms with Crippen molar-refractivity contribution in [1.29, 1.82) is 0 Å². The fourth-order valence-corrected chi connectivity index (χ4v) is 2.81. The van der Waals surface area contributed by atoms with Gasteiger partial charge in [0.05, 0.1) is 19.4 Å². The molecule has 1 atom stereocenters. The molecule has 0 radical (unpaired) electrons. The first-order valence-corrected chi connectivity index (χ1v) is 7.60. The maximum Gasteiger partial charge on any atom is 0.147 e. The van der Waals surface area contributed by atoms with E-state index in [0.29, 0.717) is 12.5 Å². The van der Waals surface area contributed by atoms with E-state index in [1.54, 1.807) is 18.6 Å². The van der Waals surface area contributed by atoms with Crippen LogP contribution in [0.3, 0.4) is 0 Å². The number of rotatable bonds is 3. The van der Waals surface area contributed by atoms with Crippen LogP contribution in [0, 0.1) is 19.8 Å². The summed E-state index contributed by atoms with van der Waals surface area (Å²) in [6.45, 7) is 7.17. The van der Waals surface area contributed by atoms with Crippen molar-refractivity contribution in [2.24, 2.45) is 5.92 Å². The summed E-state index contributed by atoms with van der Waals surface area (Å²) in [5.74, 6) is 2.15. The summed E-state index contributed by atoms with van der Waals surface area (Å²) in [6, 6.07) is 2.00. The molecule has 0 aromatic carbocycles. The molecular weight excluding hydrogens is 278 g/mol. The molecule has 1 fully saturated rings. The van der Waals surface area contributed by atoms with E-state index >= 15 is 0 Å². The molecular formula is C16H21N5O. The SMILES string of the molecule is Cc1cc(C)nc(CC2COCCN(c3cnccn3)C2)n1. The molecule has 2 aromatic rings. The molecule has 0 spiro atoms. The number of ether oxygens (including phenoxy) is 1. The second-order valence-electron chi connectivity index (χ2n) is 5.72. The Morgan fingerprint density at radius 3 is 2.77 bits per heavy atom. The Kier molecular flexibility index (Phi) is 4.58. The van der Waals surface area contributed by atoms with Gasteiger partial charge in [-0.25, -0.2) is 15.0 Å². The minimum atomic E-state index is 0.353. The summed E-state index contributed by atoms with van der Waals surface area (Å²) >= 11 is 0. The predicted molar refractivity (Wildman–Crippen MR) is 83.8 cm³/mol. The van der Waals surface area contributed by atoms with E-state index in [4.69, 9.17) is 4.74 Å². The minimum absolute atomic E-state index is 0.353. The van der Waals surface area contributed by atoms with E-state index in [1.807, 2.05) is 19.9 Å². The summed E-state index contributed by atoms with van der Waals surface area (Å²) in [6.07, 6.45) is 6.04. The molecule has 2 aromatic heterocycles. The number of nitrogens with zero attached hydrogens (tertiary/aromatic N) is 5. The van der Waals surface area contributed by atoms with Crippen molar-refractivity contribution in [2.75, 3.05) is 31.2 Å². The minimum Gasteiger partial charge on any atom is -0.379 e. The Bertz CT molecular complexity index is 599. The third-order valence-electron chi connectivity index (χ3n) is 3.71. The average Bonchev–Trinajstić information content (AvgIpc) is 2.73. The number of aryl methyl sites for hydroxylation is 2. The molecule has 1 aliphatic heterocycles. The second-order valence-corrected chi connectivity index (χ2v) is 5.72. The van der Waals surface area contributed by atoms with Crippen LogP contribution in [0.25, 0.3) is 0 Å². The number of aromatic nitrogens is 4. The molecule has 0 amide bonds. The van der Waals surface area contributed by atoms with Gasteiger partial charge in [0.2, 0.25) is 0 Å². The van der Waals surface area contributed by atoms with Crippen LogP contribution in [0.5, 0.6) is 0 Å². The first-order valence-electron chi connectivity index (χ1n) is 7.60. The molecule has 0 N–H and O–H groups in total. The fourth-order valence-electron chi connectivity index (χ4n) is 2.81. The summed E-state index contributed by atoms with van der Waals surface area (Å²) in [5.41, 5.74) is 2.03. The van der Waals surface area contributed by atoms with Crippen LogP contribution < -0.4 is 4.90 Å². The number of hydrogen-bond acceptors (Lipinski definition) is 6. The molecule has 1 unspecified atom stereocenters. The van der Waals surface area contributed by atoms with Gasteiger partial charge in [0.25, 0.3) is 0 Å². The zero-order chi connectivity index (χ0) is 15.4. The standard InChI is InChI=1S/C16H21N5O/c1-12-7-13(2)20-15(19-12)8-14-10-21(5-6-22-11-14)16-9-17-3-4-18-16/h3-4,7,9,14H,5-6,8,10-11H2,1-2H3. The highest BCUT2D eigenvalue weighted by Crippen LogP contribution is 2.17. The summed E-state index contributed by atoms with van der Waals surface area (Å²) in [5, 5.41) is 0. The zero-order valence-corrected chi connectivity index (χ0v) is 13.1. The summed E-state index contributed by atoms with van der Waals surface area (Å²) in [7, 11) is 0. The van der Waals surface area contributed by atoms with Crippen molar-refractivity contribution < 1.29 is 4.74 Å². The van der Waals surface area contributed by atoms with Gasteiger partial charge in [-0.3, -0.25) is 4.98 Å². The number of hydrogen-bond donors (Lipinski definition) is 0. The average molecular weight is 299 g/mol. The summed E-state index contributed by atoms with van der Waals surface area (Å²) in [4.78, 5) is 19.9. The van der Waals surface area contributed by atoms with E-state index in [2.05, 4.69) is 24.8 Å². The van der Waals surface area contributed by atoms with Gasteiger partial charge < -0.3 is 9.64 Å². The van der Waals surface area contributed by atoms with Gasteiger partial charge in [-0.05, 0) is 19.9 Å². The molecule has 1 aliphatic rings. The van der Waals surface area contributed by atoms with Crippen LogP contribution in [0.2, 0.25) is 0 Å². The zero-order valence-electron chi connectivity index (χ0n) is 13.1. The maximum absolute atomic E-state index is 5.75. The van der Waals surface area contributed by atoms with E-state index in [9.17, 15) is 0 Å². The molecule has 3 heterocycles. The Labute approximate surface area is 130 Å². The normalized spacial score (nSPS) is 19.0. The second kappa shape index (κ2) is 6.79. The molecule has 22 heavy (non-hydrogen) atoms. The Hall–Kier alpha value is -2.08. The predicted octanol–water partition coefficient (Wildman–Crippen LogP) is 1.58. The van der Waals surface area contributed by atoms with Gasteiger partial charge in [0.1, 0.15) is 11.6 Å². The fraction of sp³-hybridized carbons (Fsp3) is 0.500. The Morgan fingerprint density at radius 2 is 2.05 bits per heavy atom. The highest BCUT2D eigenvalue weighted by atomic mass is 16.5. The van der Waals surface area contributed by atoms with Crippen LogP contribution in [0.1, 0.15) is 17.2 Å². The van der Waals surface area contributed by atoms with Crippen LogP contribution in [-0.2, 0) is 11.2 Å². The lowest BCUT2D eigenvalue weighted by atomic mass is 10.1. The molecule has 3 rings (SSSR count). The summed E-state index contributed by atoms with van der Waals surface area (Å²) < 4.78 is 5.75. The van der Waals surface area contributed by atoms with E-state index in [-0.39, 0.29) is 0 Å². The topological polar surface area (TPSA) is 64.0 Å². The van der Waals surface area contributed by atoms with Crippen molar-refractivity contribution in [3.8, 4) is 0 Å². The molecule has 1 saturated heterocycles. The molecule has 0 saturated carbocycles. The quantitative estimate of drug-likeness (QED) is 0.857. The van der Waals surface area contributed by atoms with Gasteiger partial charge in [-0.15, -0.1) is 0 Å². The van der Waals surface area contributed by atoms with Crippen LogP contribution in [0.4, 0.5) is 5.82 Å². The first kappa shape index (κ1) is 14.8. The maximum atomic E-state index is 5.75. The van der Waals surface area contributed by atoms with Crippen molar-refractivity contribution in [3.05, 3.63) is 41.9 Å². The first-order chi connectivity index (χ1) is 10.7. The lowest BCUT2D eigenvalue weighted by molar-refractivity contribution is 0.123. The van der Waals surface area contributed by atoms with Crippen LogP contribution in [0.15, 0.2) is 24.7 Å². The van der Waals surface area contributed by atoms with E-state index in [0.717, 1.165) is 49.1 Å². The smallest absolute Gasteiger partial charge is 0.147 e. The lowest BCUT2D eigenvalue weighted by Gasteiger charge is -2.23. The number of anilines is 1. The van der Waals surface area contributed by atoms with Gasteiger partial charge in [-0.1, -0.05) is 0 Å². The largest absolute Gasteiger partial charge is 0.379 e. The lowest BCUT2D eigenvalue weighted by Crippen LogP contribution is -2.31. The molecule has 0 bridgehead atoms. The van der Waals surface area contributed by atoms with Gasteiger partial charge >= 0.3 is 0 Å². The molecule has 116 valence electrons. The van der Waals surface area contributed by atoms with Crippen molar-refractivity contribution in [3.63, 3.8) is 0 Å². The van der Waals surface area contributed by atoms with Gasteiger partial charge in [-0.2, -0.15) is 0 Å². The van der Waals surface area contributed by atoms with E-state index < -0.39 is 0 Å². The monoisotopic (exact) mass is 299 g/mol. The van der Waals surface area contributed by atoms with E-state index in [1.165, 1.54) is 0 Å². The van der Waals surface area contributed by atoms with Crippen LogP contribution >= 0.6 is 0 Å².